The van der Waals surface area contributed by atoms with Crippen LogP contribution in [0.15, 0.2) is 78.9 Å². The number of carbonyl (C=O) groups is 1. The SMILES string of the molecule is C[C@@H](C(=O)N1CCCc2ccccc21)N(c1ccc(Oc2ccccc2)cc1)S(C)(=O)=O. The lowest BCUT2D eigenvalue weighted by Gasteiger charge is -2.35. The van der Waals surface area contributed by atoms with Crippen LogP contribution in [-0.4, -0.2) is 33.2 Å². The van der Waals surface area contributed by atoms with E-state index >= 15 is 0 Å². The van der Waals surface area contributed by atoms with Crippen molar-refractivity contribution < 1.29 is 17.9 Å². The van der Waals surface area contributed by atoms with E-state index in [1.807, 2.05) is 54.6 Å². The number of hydrogen-bond donors (Lipinski definition) is 0. The van der Waals surface area contributed by atoms with Gasteiger partial charge in [0, 0.05) is 12.2 Å². The molecule has 0 unspecified atom stereocenters. The second kappa shape index (κ2) is 9.04. The first-order valence-electron chi connectivity index (χ1n) is 10.6. The van der Waals surface area contributed by atoms with Gasteiger partial charge in [0.2, 0.25) is 10.0 Å². The fourth-order valence-corrected chi connectivity index (χ4v) is 5.25. The lowest BCUT2D eigenvalue weighted by atomic mass is 10.0. The summed E-state index contributed by atoms with van der Waals surface area (Å²) in [5.74, 6) is 1.03. The normalized spacial score (nSPS) is 14.4. The fourth-order valence-electron chi connectivity index (χ4n) is 4.08. The molecular formula is C25H26N2O4S. The molecule has 6 nitrogen and oxygen atoms in total. The van der Waals surface area contributed by atoms with Gasteiger partial charge < -0.3 is 9.64 Å². The fraction of sp³-hybridized carbons (Fsp3) is 0.240. The van der Waals surface area contributed by atoms with E-state index in [0.29, 0.717) is 23.7 Å². The minimum atomic E-state index is -3.70. The van der Waals surface area contributed by atoms with Gasteiger partial charge in [0.05, 0.1) is 11.9 Å². The minimum absolute atomic E-state index is 0.243. The van der Waals surface area contributed by atoms with Crippen molar-refractivity contribution >= 4 is 27.3 Å². The highest BCUT2D eigenvalue weighted by atomic mass is 32.2. The molecule has 1 aliphatic heterocycles. The number of aryl methyl sites for hydroxylation is 1. The predicted molar refractivity (Wildman–Crippen MR) is 127 cm³/mol. The zero-order chi connectivity index (χ0) is 22.7. The first-order chi connectivity index (χ1) is 15.3. The van der Waals surface area contributed by atoms with Crippen LogP contribution in [0.2, 0.25) is 0 Å². The topological polar surface area (TPSA) is 66.9 Å². The average molecular weight is 451 g/mol. The molecular weight excluding hydrogens is 424 g/mol. The Balaban J connectivity index is 1.60. The van der Waals surface area contributed by atoms with Crippen molar-refractivity contribution in [2.24, 2.45) is 0 Å². The molecule has 0 fully saturated rings. The Morgan fingerprint density at radius 3 is 2.25 bits per heavy atom. The van der Waals surface area contributed by atoms with Crippen LogP contribution >= 0.6 is 0 Å². The number of anilines is 2. The number of amides is 1. The molecule has 3 aromatic rings. The van der Waals surface area contributed by atoms with Crippen LogP contribution in [0.4, 0.5) is 11.4 Å². The van der Waals surface area contributed by atoms with Gasteiger partial charge in [-0.25, -0.2) is 8.42 Å². The third-order valence-corrected chi connectivity index (χ3v) is 6.75. The van der Waals surface area contributed by atoms with Crippen LogP contribution in [0.1, 0.15) is 18.9 Å². The summed E-state index contributed by atoms with van der Waals surface area (Å²) >= 11 is 0. The van der Waals surface area contributed by atoms with Crippen molar-refractivity contribution in [3.8, 4) is 11.5 Å². The van der Waals surface area contributed by atoms with Crippen LogP contribution in [0.25, 0.3) is 0 Å². The van der Waals surface area contributed by atoms with Crippen LogP contribution in [-0.2, 0) is 21.2 Å². The Morgan fingerprint density at radius 1 is 0.938 bits per heavy atom. The van der Waals surface area contributed by atoms with Gasteiger partial charge in [0.15, 0.2) is 0 Å². The number of carbonyl (C=O) groups excluding carboxylic acids is 1. The standard InChI is InChI=1S/C25H26N2O4S/c1-19(25(28)26-18-8-10-20-9-6-7-13-24(20)26)27(32(2,29)30)21-14-16-23(17-15-21)31-22-11-4-3-5-12-22/h3-7,9,11-17,19H,8,10,18H2,1-2H3/t19-/m0/s1. The molecule has 0 N–H and O–H groups in total. The Hall–Kier alpha value is -3.32. The summed E-state index contributed by atoms with van der Waals surface area (Å²) in [5, 5.41) is 0. The lowest BCUT2D eigenvalue weighted by Crippen LogP contribution is -2.50. The van der Waals surface area contributed by atoms with Gasteiger partial charge in [-0.05, 0) is 67.8 Å². The van der Waals surface area contributed by atoms with Gasteiger partial charge in [-0.3, -0.25) is 9.10 Å². The molecule has 0 saturated carbocycles. The summed E-state index contributed by atoms with van der Waals surface area (Å²) in [6.07, 6.45) is 2.88. The number of rotatable bonds is 6. The first-order valence-corrected chi connectivity index (χ1v) is 12.4. The van der Waals surface area contributed by atoms with E-state index in [1.165, 1.54) is 4.31 Å². The molecule has 7 heteroatoms. The molecule has 0 aliphatic carbocycles. The molecule has 0 aromatic heterocycles. The van der Waals surface area contributed by atoms with Gasteiger partial charge in [-0.1, -0.05) is 36.4 Å². The predicted octanol–water partition coefficient (Wildman–Crippen LogP) is 4.61. The minimum Gasteiger partial charge on any atom is -0.457 e. The third kappa shape index (κ3) is 4.62. The summed E-state index contributed by atoms with van der Waals surface area (Å²) in [5.41, 5.74) is 2.38. The maximum absolute atomic E-state index is 13.4. The number of ether oxygens (including phenoxy) is 1. The highest BCUT2D eigenvalue weighted by Crippen LogP contribution is 2.30. The maximum Gasteiger partial charge on any atom is 0.250 e. The molecule has 0 saturated heterocycles. The van der Waals surface area contributed by atoms with Crippen molar-refractivity contribution in [3.63, 3.8) is 0 Å². The number of para-hydroxylation sites is 2. The second-order valence-electron chi connectivity index (χ2n) is 7.87. The van der Waals surface area contributed by atoms with Crippen LogP contribution in [0.5, 0.6) is 11.5 Å². The van der Waals surface area contributed by atoms with Gasteiger partial charge in [-0.2, -0.15) is 0 Å². The quantitative estimate of drug-likeness (QED) is 0.550. The summed E-state index contributed by atoms with van der Waals surface area (Å²) in [7, 11) is -3.70. The van der Waals surface area contributed by atoms with E-state index in [4.69, 9.17) is 4.74 Å². The van der Waals surface area contributed by atoms with Gasteiger partial charge in [0.1, 0.15) is 17.5 Å². The number of fused-ring (bicyclic) bond motifs is 1. The smallest absolute Gasteiger partial charge is 0.250 e. The molecule has 1 amide bonds. The van der Waals surface area contributed by atoms with Crippen molar-refractivity contribution in [1.29, 1.82) is 0 Å². The van der Waals surface area contributed by atoms with Crippen molar-refractivity contribution in [2.75, 3.05) is 22.0 Å². The zero-order valence-electron chi connectivity index (χ0n) is 18.1. The Morgan fingerprint density at radius 2 is 1.56 bits per heavy atom. The van der Waals surface area contributed by atoms with E-state index in [-0.39, 0.29) is 5.91 Å². The average Bonchev–Trinajstić information content (AvgIpc) is 2.79. The van der Waals surface area contributed by atoms with Crippen LogP contribution in [0, 0.1) is 0 Å². The van der Waals surface area contributed by atoms with E-state index in [9.17, 15) is 13.2 Å². The molecule has 0 radical (unpaired) electrons. The van der Waals surface area contributed by atoms with E-state index in [0.717, 1.165) is 30.3 Å². The molecule has 32 heavy (non-hydrogen) atoms. The summed E-state index contributed by atoms with van der Waals surface area (Å²) < 4.78 is 32.4. The molecule has 3 aromatic carbocycles. The van der Waals surface area contributed by atoms with Gasteiger partial charge in [-0.15, -0.1) is 0 Å². The highest BCUT2D eigenvalue weighted by Gasteiger charge is 2.34. The monoisotopic (exact) mass is 450 g/mol. The summed E-state index contributed by atoms with van der Waals surface area (Å²) in [4.78, 5) is 15.1. The third-order valence-electron chi connectivity index (χ3n) is 5.51. The van der Waals surface area contributed by atoms with Crippen molar-refractivity contribution in [1.82, 2.24) is 0 Å². The number of benzene rings is 3. The Bertz CT molecular complexity index is 1190. The van der Waals surface area contributed by atoms with E-state index in [1.54, 1.807) is 36.1 Å². The number of sulfonamides is 1. The lowest BCUT2D eigenvalue weighted by molar-refractivity contribution is -0.119. The molecule has 4 rings (SSSR count). The van der Waals surface area contributed by atoms with E-state index < -0.39 is 16.1 Å². The summed E-state index contributed by atoms with van der Waals surface area (Å²) in [6.45, 7) is 2.20. The van der Waals surface area contributed by atoms with Crippen molar-refractivity contribution in [2.45, 2.75) is 25.8 Å². The van der Waals surface area contributed by atoms with E-state index in [2.05, 4.69) is 0 Å². The molecule has 0 spiro atoms. The van der Waals surface area contributed by atoms with Gasteiger partial charge >= 0.3 is 0 Å². The zero-order valence-corrected chi connectivity index (χ0v) is 19.0. The first kappa shape index (κ1) is 21.9. The van der Waals surface area contributed by atoms with Gasteiger partial charge in [0.25, 0.3) is 5.91 Å². The largest absolute Gasteiger partial charge is 0.457 e. The number of nitrogens with zero attached hydrogens (tertiary/aromatic N) is 2. The Labute approximate surface area is 189 Å². The Kier molecular flexibility index (Phi) is 6.19. The molecule has 0 bridgehead atoms. The highest BCUT2D eigenvalue weighted by molar-refractivity contribution is 7.92. The van der Waals surface area contributed by atoms with Crippen molar-refractivity contribution in [3.05, 3.63) is 84.4 Å². The maximum atomic E-state index is 13.4. The number of hydrogen-bond acceptors (Lipinski definition) is 4. The van der Waals surface area contributed by atoms with Crippen LogP contribution < -0.4 is 13.9 Å². The van der Waals surface area contributed by atoms with Crippen LogP contribution in [0.3, 0.4) is 0 Å². The second-order valence-corrected chi connectivity index (χ2v) is 9.73. The molecule has 1 heterocycles. The molecule has 166 valence electrons. The molecule has 1 atom stereocenters. The summed E-state index contributed by atoms with van der Waals surface area (Å²) in [6, 6.07) is 23.0. The molecule has 1 aliphatic rings.